The van der Waals surface area contributed by atoms with Gasteiger partial charge in [0.2, 0.25) is 10.0 Å². The summed E-state index contributed by atoms with van der Waals surface area (Å²) in [5, 5.41) is 0. The van der Waals surface area contributed by atoms with Crippen molar-refractivity contribution < 1.29 is 22.1 Å². The summed E-state index contributed by atoms with van der Waals surface area (Å²) in [6, 6.07) is 11.7. The Morgan fingerprint density at radius 2 is 1.79 bits per heavy atom. The van der Waals surface area contributed by atoms with Gasteiger partial charge in [-0.15, -0.1) is 0 Å². The summed E-state index contributed by atoms with van der Waals surface area (Å²) in [6.45, 7) is 1.60. The fourth-order valence-electron chi connectivity index (χ4n) is 3.01. The Hall–Kier alpha value is -1.83. The summed E-state index contributed by atoms with van der Waals surface area (Å²) >= 11 is 0. The number of hydrogen-bond acceptors (Lipinski definition) is 2. The molecule has 2 atom stereocenters. The van der Waals surface area contributed by atoms with E-state index in [9.17, 15) is 17.2 Å². The maximum Gasteiger partial charge on any atom is 0.244 e. The number of nitrogens with zero attached hydrogens (tertiary/aromatic N) is 1. The zero-order chi connectivity index (χ0) is 17.3. The molecule has 1 aliphatic rings. The van der Waals surface area contributed by atoms with E-state index in [1.807, 2.05) is 37.4 Å². The monoisotopic (exact) mass is 353 g/mol. The van der Waals surface area contributed by atoms with E-state index in [0.717, 1.165) is 23.8 Å². The molecule has 0 amide bonds. The first-order valence-electron chi connectivity index (χ1n) is 7.73. The lowest BCUT2D eigenvalue weighted by molar-refractivity contribution is -0.887. The molecule has 4 nitrogen and oxygen atoms in total. The second-order valence-electron chi connectivity index (χ2n) is 6.03. The highest BCUT2D eigenvalue weighted by molar-refractivity contribution is 7.89. The third kappa shape index (κ3) is 3.19. The van der Waals surface area contributed by atoms with E-state index in [1.165, 1.54) is 9.21 Å². The molecule has 1 unspecified atom stereocenters. The number of sulfonamides is 1. The van der Waals surface area contributed by atoms with E-state index < -0.39 is 21.7 Å². The van der Waals surface area contributed by atoms with Crippen LogP contribution in [0.1, 0.15) is 11.6 Å². The maximum atomic E-state index is 13.5. The van der Waals surface area contributed by atoms with Gasteiger partial charge in [-0.25, -0.2) is 17.2 Å². The first kappa shape index (κ1) is 17.0. The molecule has 0 aliphatic carbocycles. The zero-order valence-corrected chi connectivity index (χ0v) is 14.1. The summed E-state index contributed by atoms with van der Waals surface area (Å²) in [7, 11) is -1.90. The fourth-order valence-corrected chi connectivity index (χ4v) is 4.64. The molecule has 2 aromatic carbocycles. The van der Waals surface area contributed by atoms with Crippen LogP contribution in [-0.2, 0) is 10.0 Å². The van der Waals surface area contributed by atoms with Crippen molar-refractivity contribution in [1.29, 1.82) is 0 Å². The Balaban J connectivity index is 2.02. The van der Waals surface area contributed by atoms with Gasteiger partial charge in [-0.05, 0) is 23.8 Å². The number of halogens is 2. The molecule has 128 valence electrons. The summed E-state index contributed by atoms with van der Waals surface area (Å²) in [6.07, 6.45) is 0. The van der Waals surface area contributed by atoms with E-state index >= 15 is 0 Å². The summed E-state index contributed by atoms with van der Waals surface area (Å²) in [5.41, 5.74) is 0.891. The number of piperazine rings is 1. The minimum atomic E-state index is -3.91. The highest BCUT2D eigenvalue weighted by Gasteiger charge is 2.38. The van der Waals surface area contributed by atoms with Crippen molar-refractivity contribution >= 4 is 10.0 Å². The van der Waals surface area contributed by atoms with Crippen molar-refractivity contribution in [3.8, 4) is 0 Å². The SMILES string of the molecule is C[NH+]1CCN(S(=O)(=O)c2ccc(F)c(F)c2)[C@H](c2ccccc2)C1. The van der Waals surface area contributed by atoms with E-state index in [1.54, 1.807) is 0 Å². The molecule has 3 rings (SSSR count). The molecule has 1 saturated heterocycles. The van der Waals surface area contributed by atoms with E-state index in [4.69, 9.17) is 0 Å². The van der Waals surface area contributed by atoms with E-state index in [0.29, 0.717) is 19.6 Å². The normalized spacial score (nSPS) is 22.5. The second kappa shape index (κ2) is 6.58. The molecule has 1 aliphatic heterocycles. The predicted molar refractivity (Wildman–Crippen MR) is 86.1 cm³/mol. The lowest BCUT2D eigenvalue weighted by Crippen LogP contribution is -3.12. The Labute approximate surface area is 140 Å². The molecule has 0 saturated carbocycles. The molecular weight excluding hydrogens is 334 g/mol. The quantitative estimate of drug-likeness (QED) is 0.902. The molecule has 7 heteroatoms. The molecular formula is C17H19F2N2O2S+. The largest absolute Gasteiger partial charge is 0.335 e. The highest BCUT2D eigenvalue weighted by atomic mass is 32.2. The number of nitrogens with one attached hydrogen (secondary N) is 1. The van der Waals surface area contributed by atoms with Crippen LogP contribution in [0.5, 0.6) is 0 Å². The average Bonchev–Trinajstić information content (AvgIpc) is 2.57. The van der Waals surface area contributed by atoms with Crippen LogP contribution in [0.25, 0.3) is 0 Å². The standard InChI is InChI=1S/C17H18F2N2O2S/c1-20-9-10-21(17(12-20)13-5-3-2-4-6-13)24(22,23)14-7-8-15(18)16(19)11-14/h2-8,11,17H,9-10,12H2,1H3/p+1/t17-/m0/s1. The molecule has 0 spiro atoms. The molecule has 0 bridgehead atoms. The summed E-state index contributed by atoms with van der Waals surface area (Å²) < 4.78 is 54.0. The number of quaternary nitrogens is 1. The van der Waals surface area contributed by atoms with E-state index in [-0.39, 0.29) is 10.9 Å². The van der Waals surface area contributed by atoms with Crippen LogP contribution in [-0.4, -0.2) is 39.4 Å². The van der Waals surface area contributed by atoms with Crippen molar-refractivity contribution in [3.05, 3.63) is 65.7 Å². The van der Waals surface area contributed by atoms with Gasteiger partial charge in [0.1, 0.15) is 0 Å². The Bertz CT molecular complexity index is 828. The number of rotatable bonds is 3. The van der Waals surface area contributed by atoms with Crippen LogP contribution in [0.2, 0.25) is 0 Å². The number of likely N-dealkylation sites (N-methyl/N-ethyl adjacent to an activating group) is 1. The predicted octanol–water partition coefficient (Wildman–Crippen LogP) is 1.23. The zero-order valence-electron chi connectivity index (χ0n) is 13.2. The van der Waals surface area contributed by atoms with Crippen LogP contribution in [0.3, 0.4) is 0 Å². The highest BCUT2D eigenvalue weighted by Crippen LogP contribution is 2.28. The average molecular weight is 353 g/mol. The molecule has 2 aromatic rings. The van der Waals surface area contributed by atoms with Gasteiger partial charge in [0.25, 0.3) is 0 Å². The third-order valence-electron chi connectivity index (χ3n) is 4.33. The second-order valence-corrected chi connectivity index (χ2v) is 7.92. The van der Waals surface area contributed by atoms with Crippen molar-refractivity contribution in [3.63, 3.8) is 0 Å². The fraction of sp³-hybridized carbons (Fsp3) is 0.294. The maximum absolute atomic E-state index is 13.5. The summed E-state index contributed by atoms with van der Waals surface area (Å²) in [4.78, 5) is 1.00. The lowest BCUT2D eigenvalue weighted by atomic mass is 10.1. The first-order chi connectivity index (χ1) is 11.4. The van der Waals surface area contributed by atoms with Gasteiger partial charge < -0.3 is 4.90 Å². The molecule has 1 heterocycles. The minimum Gasteiger partial charge on any atom is -0.335 e. The van der Waals surface area contributed by atoms with Crippen molar-refractivity contribution in [1.82, 2.24) is 4.31 Å². The van der Waals surface area contributed by atoms with E-state index in [2.05, 4.69) is 0 Å². The van der Waals surface area contributed by atoms with Gasteiger partial charge in [-0.3, -0.25) is 0 Å². The first-order valence-corrected chi connectivity index (χ1v) is 9.17. The molecule has 1 N–H and O–H groups in total. The number of benzene rings is 2. The molecule has 1 fully saturated rings. The smallest absolute Gasteiger partial charge is 0.244 e. The van der Waals surface area contributed by atoms with Crippen molar-refractivity contribution in [2.75, 3.05) is 26.7 Å². The lowest BCUT2D eigenvalue weighted by Gasteiger charge is -2.37. The van der Waals surface area contributed by atoms with Gasteiger partial charge in [-0.2, -0.15) is 4.31 Å². The molecule has 0 radical (unpaired) electrons. The topological polar surface area (TPSA) is 41.8 Å². The van der Waals surface area contributed by atoms with Gasteiger partial charge in [0, 0.05) is 0 Å². The minimum absolute atomic E-state index is 0.220. The van der Waals surface area contributed by atoms with Crippen molar-refractivity contribution in [2.45, 2.75) is 10.9 Å². The van der Waals surface area contributed by atoms with Crippen LogP contribution in [0, 0.1) is 11.6 Å². The van der Waals surface area contributed by atoms with Crippen LogP contribution in [0.4, 0.5) is 8.78 Å². The van der Waals surface area contributed by atoms with Gasteiger partial charge in [0.05, 0.1) is 37.6 Å². The molecule has 0 aromatic heterocycles. The molecule has 24 heavy (non-hydrogen) atoms. The van der Waals surface area contributed by atoms with Gasteiger partial charge in [0.15, 0.2) is 11.6 Å². The Morgan fingerprint density at radius 1 is 1.08 bits per heavy atom. The Morgan fingerprint density at radius 3 is 2.46 bits per heavy atom. The number of hydrogen-bond donors (Lipinski definition) is 1. The summed E-state index contributed by atoms with van der Waals surface area (Å²) in [5.74, 6) is -2.22. The third-order valence-corrected chi connectivity index (χ3v) is 6.23. The van der Waals surface area contributed by atoms with Gasteiger partial charge >= 0.3 is 0 Å². The van der Waals surface area contributed by atoms with Crippen LogP contribution in [0.15, 0.2) is 53.4 Å². The Kier molecular flexibility index (Phi) is 4.67. The van der Waals surface area contributed by atoms with Crippen molar-refractivity contribution in [2.24, 2.45) is 0 Å². The van der Waals surface area contributed by atoms with Crippen LogP contribution < -0.4 is 4.90 Å². The van der Waals surface area contributed by atoms with Crippen LogP contribution >= 0.6 is 0 Å². The van der Waals surface area contributed by atoms with Gasteiger partial charge in [-0.1, -0.05) is 30.3 Å².